The summed E-state index contributed by atoms with van der Waals surface area (Å²) < 4.78 is 39.4. The number of H-pyrrole nitrogens is 1. The van der Waals surface area contributed by atoms with Gasteiger partial charge in [0.15, 0.2) is 0 Å². The van der Waals surface area contributed by atoms with Crippen molar-refractivity contribution >= 4 is 11.0 Å². The Hall–Kier alpha value is -2.50. The third-order valence-electron chi connectivity index (χ3n) is 3.30. The highest BCUT2D eigenvalue weighted by Gasteiger charge is 2.30. The van der Waals surface area contributed by atoms with Gasteiger partial charge in [-0.3, -0.25) is 4.57 Å². The van der Waals surface area contributed by atoms with Gasteiger partial charge in [0.25, 0.3) is 0 Å². The van der Waals surface area contributed by atoms with Crippen molar-refractivity contribution in [3.8, 4) is 5.69 Å². The van der Waals surface area contributed by atoms with Crippen LogP contribution < -0.4 is 5.69 Å². The summed E-state index contributed by atoms with van der Waals surface area (Å²) in [6.45, 7) is 1.91. The van der Waals surface area contributed by atoms with Gasteiger partial charge in [0.05, 0.1) is 22.3 Å². The zero-order valence-corrected chi connectivity index (χ0v) is 11.0. The van der Waals surface area contributed by atoms with Crippen LogP contribution in [0.3, 0.4) is 0 Å². The molecule has 108 valence electrons. The minimum atomic E-state index is -4.43. The van der Waals surface area contributed by atoms with Gasteiger partial charge in [0.1, 0.15) is 0 Å². The maximum absolute atomic E-state index is 12.7. The van der Waals surface area contributed by atoms with Gasteiger partial charge < -0.3 is 4.98 Å². The highest BCUT2D eigenvalue weighted by atomic mass is 19.4. The van der Waals surface area contributed by atoms with Crippen molar-refractivity contribution in [3.63, 3.8) is 0 Å². The molecule has 0 saturated carbocycles. The molecule has 0 radical (unpaired) electrons. The van der Waals surface area contributed by atoms with Gasteiger partial charge in [-0.25, -0.2) is 4.79 Å². The standard InChI is InChI=1S/C15H11F3N2O/c1-9-2-5-11(6-3-9)20-13-7-4-10(15(16,17)18)8-12(13)19-14(20)21/h2-8H,1H3,(H,19,21). The average molecular weight is 292 g/mol. The lowest BCUT2D eigenvalue weighted by molar-refractivity contribution is -0.137. The SMILES string of the molecule is Cc1ccc(-n2c(=O)[nH]c3cc(C(F)(F)F)ccc32)cc1. The van der Waals surface area contributed by atoms with Crippen LogP contribution in [0.25, 0.3) is 16.7 Å². The van der Waals surface area contributed by atoms with Crippen LogP contribution >= 0.6 is 0 Å². The Morgan fingerprint density at radius 1 is 1.05 bits per heavy atom. The molecule has 0 aliphatic heterocycles. The van der Waals surface area contributed by atoms with Crippen molar-refractivity contribution in [3.05, 3.63) is 64.1 Å². The third kappa shape index (κ3) is 2.33. The van der Waals surface area contributed by atoms with Gasteiger partial charge in [-0.05, 0) is 37.3 Å². The molecule has 1 heterocycles. The lowest BCUT2D eigenvalue weighted by atomic mass is 10.2. The lowest BCUT2D eigenvalue weighted by Gasteiger charge is -2.07. The quantitative estimate of drug-likeness (QED) is 0.730. The Morgan fingerprint density at radius 3 is 2.33 bits per heavy atom. The van der Waals surface area contributed by atoms with Crippen molar-refractivity contribution in [2.45, 2.75) is 13.1 Å². The van der Waals surface area contributed by atoms with Crippen LogP contribution in [0.2, 0.25) is 0 Å². The summed E-state index contributed by atoms with van der Waals surface area (Å²) in [4.78, 5) is 14.5. The predicted octanol–water partition coefficient (Wildman–Crippen LogP) is 3.65. The number of nitrogens with one attached hydrogen (secondary N) is 1. The highest BCUT2D eigenvalue weighted by molar-refractivity contribution is 5.78. The van der Waals surface area contributed by atoms with Gasteiger partial charge in [0.2, 0.25) is 0 Å². The number of halogens is 3. The molecule has 2 aromatic carbocycles. The smallest absolute Gasteiger partial charge is 0.305 e. The molecule has 0 saturated heterocycles. The van der Waals surface area contributed by atoms with E-state index in [1.165, 1.54) is 10.6 Å². The molecule has 0 bridgehead atoms. The number of nitrogens with zero attached hydrogens (tertiary/aromatic N) is 1. The Balaban J connectivity index is 2.23. The molecule has 6 heteroatoms. The fourth-order valence-corrected chi connectivity index (χ4v) is 2.24. The molecule has 1 aromatic heterocycles. The molecule has 0 aliphatic rings. The molecule has 3 rings (SSSR count). The van der Waals surface area contributed by atoms with E-state index in [0.717, 1.165) is 17.7 Å². The molecule has 0 aliphatic carbocycles. The number of aryl methyl sites for hydroxylation is 1. The molecule has 3 nitrogen and oxygen atoms in total. The second-order valence-electron chi connectivity index (χ2n) is 4.83. The molecular formula is C15H11F3N2O. The maximum Gasteiger partial charge on any atom is 0.416 e. The second kappa shape index (κ2) is 4.51. The minimum Gasteiger partial charge on any atom is -0.305 e. The Bertz CT molecular complexity index is 857. The predicted molar refractivity (Wildman–Crippen MR) is 73.6 cm³/mol. The average Bonchev–Trinajstić information content (AvgIpc) is 2.74. The zero-order chi connectivity index (χ0) is 15.2. The zero-order valence-electron chi connectivity index (χ0n) is 11.0. The number of imidazole rings is 1. The summed E-state index contributed by atoms with van der Waals surface area (Å²) in [6.07, 6.45) is -4.43. The van der Waals surface area contributed by atoms with Crippen LogP contribution in [0.4, 0.5) is 13.2 Å². The topological polar surface area (TPSA) is 37.8 Å². The molecule has 0 spiro atoms. The molecule has 1 N–H and O–H groups in total. The molecule has 21 heavy (non-hydrogen) atoms. The highest BCUT2D eigenvalue weighted by Crippen LogP contribution is 2.31. The number of benzene rings is 2. The van der Waals surface area contributed by atoms with E-state index in [-0.39, 0.29) is 5.52 Å². The monoisotopic (exact) mass is 292 g/mol. The van der Waals surface area contributed by atoms with E-state index in [1.54, 1.807) is 12.1 Å². The molecule has 0 amide bonds. The van der Waals surface area contributed by atoms with Gasteiger partial charge >= 0.3 is 11.9 Å². The molecule has 0 fully saturated rings. The summed E-state index contributed by atoms with van der Waals surface area (Å²) in [5, 5.41) is 0. The van der Waals surface area contributed by atoms with Crippen molar-refractivity contribution in [2.24, 2.45) is 0 Å². The van der Waals surface area contributed by atoms with E-state index in [9.17, 15) is 18.0 Å². The second-order valence-corrected chi connectivity index (χ2v) is 4.83. The van der Waals surface area contributed by atoms with Crippen molar-refractivity contribution in [2.75, 3.05) is 0 Å². The van der Waals surface area contributed by atoms with Crippen LogP contribution in [-0.4, -0.2) is 9.55 Å². The number of fused-ring (bicyclic) bond motifs is 1. The first kappa shape index (κ1) is 13.5. The van der Waals surface area contributed by atoms with E-state index < -0.39 is 17.4 Å². The lowest BCUT2D eigenvalue weighted by Crippen LogP contribution is -2.14. The summed E-state index contributed by atoms with van der Waals surface area (Å²) in [7, 11) is 0. The van der Waals surface area contributed by atoms with Gasteiger partial charge in [-0.1, -0.05) is 17.7 Å². The fraction of sp³-hybridized carbons (Fsp3) is 0.133. The first-order chi connectivity index (χ1) is 9.86. The summed E-state index contributed by atoms with van der Waals surface area (Å²) in [6, 6.07) is 10.4. The van der Waals surface area contributed by atoms with E-state index in [4.69, 9.17) is 0 Å². The van der Waals surface area contributed by atoms with Crippen LogP contribution in [0.15, 0.2) is 47.3 Å². The molecule has 0 atom stereocenters. The van der Waals surface area contributed by atoms with E-state index >= 15 is 0 Å². The maximum atomic E-state index is 12.7. The largest absolute Gasteiger partial charge is 0.416 e. The van der Waals surface area contributed by atoms with Gasteiger partial charge in [0, 0.05) is 0 Å². The number of hydrogen-bond donors (Lipinski definition) is 1. The Kier molecular flexibility index (Phi) is 2.90. The first-order valence-corrected chi connectivity index (χ1v) is 6.25. The van der Waals surface area contributed by atoms with Crippen LogP contribution in [0.1, 0.15) is 11.1 Å². The Morgan fingerprint density at radius 2 is 1.71 bits per heavy atom. The van der Waals surface area contributed by atoms with E-state index in [0.29, 0.717) is 11.2 Å². The summed E-state index contributed by atoms with van der Waals surface area (Å²) >= 11 is 0. The van der Waals surface area contributed by atoms with Gasteiger partial charge in [-0.15, -0.1) is 0 Å². The normalized spacial score (nSPS) is 12.0. The fourth-order valence-electron chi connectivity index (χ4n) is 2.24. The molecular weight excluding hydrogens is 281 g/mol. The number of hydrogen-bond acceptors (Lipinski definition) is 1. The van der Waals surface area contributed by atoms with Crippen molar-refractivity contribution < 1.29 is 13.2 Å². The molecule has 0 unspecified atom stereocenters. The number of alkyl halides is 3. The van der Waals surface area contributed by atoms with Crippen molar-refractivity contribution in [1.29, 1.82) is 0 Å². The first-order valence-electron chi connectivity index (χ1n) is 6.25. The molecule has 3 aromatic rings. The summed E-state index contributed by atoms with van der Waals surface area (Å²) in [5.74, 6) is 0. The minimum absolute atomic E-state index is 0.162. The number of aromatic nitrogens is 2. The third-order valence-corrected chi connectivity index (χ3v) is 3.30. The number of aromatic amines is 1. The van der Waals surface area contributed by atoms with Gasteiger partial charge in [-0.2, -0.15) is 13.2 Å². The van der Waals surface area contributed by atoms with Crippen LogP contribution in [0.5, 0.6) is 0 Å². The van der Waals surface area contributed by atoms with Crippen molar-refractivity contribution in [1.82, 2.24) is 9.55 Å². The number of rotatable bonds is 1. The Labute approximate surface area is 117 Å². The van der Waals surface area contributed by atoms with E-state index in [2.05, 4.69) is 4.98 Å². The summed E-state index contributed by atoms with van der Waals surface area (Å²) in [5.41, 5.74) is 0.968. The van der Waals surface area contributed by atoms with Crippen LogP contribution in [-0.2, 0) is 6.18 Å². The van der Waals surface area contributed by atoms with E-state index in [1.807, 2.05) is 19.1 Å². The van der Waals surface area contributed by atoms with Crippen LogP contribution in [0, 0.1) is 6.92 Å².